The first-order valence-electron chi connectivity index (χ1n) is 0. The van der Waals surface area contributed by atoms with Gasteiger partial charge in [0.25, 0.3) is 0 Å². The van der Waals surface area contributed by atoms with E-state index in [2.05, 4.69) is 0 Å². The molecule has 56 valence electrons. The van der Waals surface area contributed by atoms with E-state index in [-0.39, 0.29) is 58.3 Å². The maximum Gasteiger partial charge on any atom is 4.00 e. The van der Waals surface area contributed by atoms with Crippen molar-refractivity contribution in [2.45, 2.75) is 0 Å². The SMILES string of the molecule is F.F.N.[F-].[F-].[F-].[F-].[Sn+4]. The van der Waals surface area contributed by atoms with Crippen molar-refractivity contribution in [1.82, 2.24) is 6.15 Å². The van der Waals surface area contributed by atoms with Gasteiger partial charge >= 0.3 is 23.9 Å². The molecule has 0 aliphatic rings. The third-order valence-corrected chi connectivity index (χ3v) is 0. The summed E-state index contributed by atoms with van der Waals surface area (Å²) in [5.41, 5.74) is 0. The summed E-state index contributed by atoms with van der Waals surface area (Å²) in [6, 6.07) is 0. The zero-order chi connectivity index (χ0) is 0. The maximum absolute atomic E-state index is 0. The molecule has 0 saturated carbocycles. The van der Waals surface area contributed by atoms with Crippen molar-refractivity contribution in [3.05, 3.63) is 0 Å². The van der Waals surface area contributed by atoms with Crippen molar-refractivity contribution in [3.8, 4) is 0 Å². The molecule has 0 aliphatic carbocycles. The Morgan fingerprint density at radius 1 is 0.500 bits per heavy atom. The second kappa shape index (κ2) is 2570. The molecular weight excluding hydrogens is 247 g/mol. The van der Waals surface area contributed by atoms with Crippen LogP contribution >= 0.6 is 0 Å². The summed E-state index contributed by atoms with van der Waals surface area (Å²) >= 11 is 0. The molecule has 0 aromatic carbocycles. The molecule has 8 heteroatoms. The van der Waals surface area contributed by atoms with Gasteiger partial charge in [0, 0.05) is 0 Å². The van der Waals surface area contributed by atoms with Crippen LogP contribution < -0.4 is 25.0 Å². The van der Waals surface area contributed by atoms with Crippen LogP contribution in [0.2, 0.25) is 0 Å². The van der Waals surface area contributed by atoms with E-state index < -0.39 is 0 Å². The van der Waals surface area contributed by atoms with E-state index in [0.717, 1.165) is 0 Å². The van der Waals surface area contributed by atoms with Gasteiger partial charge in [0.2, 0.25) is 0 Å². The Bertz CT molecular complexity index is 8.49. The molecule has 0 saturated heterocycles. The number of hydrogen-bond donors (Lipinski definition) is 1. The quantitative estimate of drug-likeness (QED) is 0.337. The monoisotopic (exact) mass is 253 g/mol. The molecule has 0 atom stereocenters. The average Bonchev–Trinajstić information content (AvgIpc) is 0. The largest absolute Gasteiger partial charge is 4.00 e. The smallest absolute Gasteiger partial charge is 1.00 e. The van der Waals surface area contributed by atoms with Gasteiger partial charge in [-0.15, -0.1) is 0 Å². The van der Waals surface area contributed by atoms with Crippen LogP contribution in [0.25, 0.3) is 0 Å². The van der Waals surface area contributed by atoms with Gasteiger partial charge < -0.3 is 25.0 Å². The van der Waals surface area contributed by atoms with E-state index in [1.165, 1.54) is 0 Å². The molecule has 0 bridgehead atoms. The van der Waals surface area contributed by atoms with Gasteiger partial charge in [0.1, 0.15) is 0 Å². The van der Waals surface area contributed by atoms with Crippen LogP contribution in [0, 0.1) is 0 Å². The number of hydrogen-bond acceptors (Lipinski definition) is 1. The van der Waals surface area contributed by atoms with E-state index in [1.807, 2.05) is 0 Å². The Morgan fingerprint density at radius 3 is 0.500 bits per heavy atom. The zero-order valence-corrected chi connectivity index (χ0v) is 6.39. The fraction of sp³-hybridized carbons (Fsp3) is 0. The van der Waals surface area contributed by atoms with E-state index in [1.54, 1.807) is 0 Å². The molecule has 0 unspecified atom stereocenters. The number of rotatable bonds is 0. The fourth-order valence-corrected chi connectivity index (χ4v) is 0. The topological polar surface area (TPSA) is 35.0 Å². The van der Waals surface area contributed by atoms with E-state index >= 15 is 0 Å². The Balaban J connectivity index is 0. The molecule has 0 radical (unpaired) electrons. The molecule has 0 spiro atoms. The van der Waals surface area contributed by atoms with Crippen molar-refractivity contribution in [2.75, 3.05) is 0 Å². The minimum atomic E-state index is 0. The molecule has 0 aromatic heterocycles. The predicted octanol–water partition coefficient (Wildman–Crippen LogP) is -11.9. The Kier molecular flexibility index (Phi) is 1260000. The molecule has 0 aromatic rings. The summed E-state index contributed by atoms with van der Waals surface area (Å²) < 4.78 is 0. The molecule has 0 heterocycles. The van der Waals surface area contributed by atoms with Crippen molar-refractivity contribution in [2.24, 2.45) is 0 Å². The Hall–Kier alpha value is 0.339. The van der Waals surface area contributed by atoms with Crippen molar-refractivity contribution in [1.29, 1.82) is 0 Å². The number of halogens is 6. The molecular formula is H5F6NSn. The van der Waals surface area contributed by atoms with Crippen LogP contribution in [0.1, 0.15) is 0 Å². The van der Waals surface area contributed by atoms with Crippen LogP contribution in [-0.4, -0.2) is 23.9 Å². The minimum Gasteiger partial charge on any atom is -1.00 e. The summed E-state index contributed by atoms with van der Waals surface area (Å²) in [5.74, 6) is 0. The van der Waals surface area contributed by atoms with Crippen molar-refractivity contribution < 1.29 is 28.2 Å². The first-order chi connectivity index (χ1) is 0. The molecule has 0 amide bonds. The van der Waals surface area contributed by atoms with Crippen LogP contribution in [0.15, 0.2) is 0 Å². The van der Waals surface area contributed by atoms with Gasteiger partial charge in [-0.1, -0.05) is 0 Å². The van der Waals surface area contributed by atoms with E-state index in [0.29, 0.717) is 0 Å². The standard InChI is InChI=1S/6FH.H3N.Sn/h6*1H;1H3;/q;;;;;;;+4/p-4. The third kappa shape index (κ3) is 1570. The molecule has 8 heavy (non-hydrogen) atoms. The van der Waals surface area contributed by atoms with Gasteiger partial charge in [-0.3, -0.25) is 9.41 Å². The maximum atomic E-state index is 0. The molecule has 3 N–H and O–H groups in total. The van der Waals surface area contributed by atoms with Crippen LogP contribution in [0.3, 0.4) is 0 Å². The van der Waals surface area contributed by atoms with Crippen molar-refractivity contribution in [3.63, 3.8) is 0 Å². The van der Waals surface area contributed by atoms with E-state index in [9.17, 15) is 0 Å². The fourth-order valence-electron chi connectivity index (χ4n) is 0. The summed E-state index contributed by atoms with van der Waals surface area (Å²) in [5, 5.41) is 0. The van der Waals surface area contributed by atoms with E-state index in [4.69, 9.17) is 0 Å². The normalized spacial score (nSPS) is 0. The Labute approximate surface area is 59.0 Å². The average molecular weight is 252 g/mol. The first-order valence-corrected chi connectivity index (χ1v) is 0. The minimum absolute atomic E-state index is 0. The summed E-state index contributed by atoms with van der Waals surface area (Å²) in [6.07, 6.45) is 0. The van der Waals surface area contributed by atoms with Crippen LogP contribution in [-0.2, 0) is 0 Å². The molecule has 0 aliphatic heterocycles. The molecule has 1 nitrogen and oxygen atoms in total. The summed E-state index contributed by atoms with van der Waals surface area (Å²) in [6.45, 7) is 0. The van der Waals surface area contributed by atoms with Gasteiger partial charge in [0.15, 0.2) is 0 Å². The summed E-state index contributed by atoms with van der Waals surface area (Å²) in [4.78, 5) is 0. The van der Waals surface area contributed by atoms with Crippen molar-refractivity contribution >= 4 is 23.9 Å². The van der Waals surface area contributed by atoms with Gasteiger partial charge in [-0.25, -0.2) is 0 Å². The second-order valence-corrected chi connectivity index (χ2v) is 0. The van der Waals surface area contributed by atoms with Gasteiger partial charge in [-0.05, 0) is 0 Å². The Morgan fingerprint density at radius 2 is 0.500 bits per heavy atom. The predicted molar refractivity (Wildman–Crippen MR) is 15.8 cm³/mol. The second-order valence-electron chi connectivity index (χ2n) is 0. The first kappa shape index (κ1) is 3910. The van der Waals surface area contributed by atoms with Crippen LogP contribution in [0.4, 0.5) is 9.41 Å². The van der Waals surface area contributed by atoms with Crippen LogP contribution in [0.5, 0.6) is 0 Å². The molecule has 0 rings (SSSR count). The van der Waals surface area contributed by atoms with Gasteiger partial charge in [-0.2, -0.15) is 0 Å². The van der Waals surface area contributed by atoms with Gasteiger partial charge in [0.05, 0.1) is 0 Å². The third-order valence-electron chi connectivity index (χ3n) is 0. The summed E-state index contributed by atoms with van der Waals surface area (Å²) in [7, 11) is 0. The molecule has 0 fully saturated rings. The zero-order valence-electron chi connectivity index (χ0n) is 3.54.